The molecule has 0 saturated heterocycles. The number of nitrogens with zero attached hydrogens (tertiary/aromatic N) is 1. The summed E-state index contributed by atoms with van der Waals surface area (Å²) in [7, 11) is 0. The number of hydrogen-bond acceptors (Lipinski definition) is 4. The summed E-state index contributed by atoms with van der Waals surface area (Å²) in [5.74, 6) is 0.920. The van der Waals surface area contributed by atoms with E-state index in [4.69, 9.17) is 20.9 Å². The maximum absolute atomic E-state index is 12.1. The first-order valence-electron chi connectivity index (χ1n) is 6.78. The molecular weight excluding hydrogens is 292 g/mol. The van der Waals surface area contributed by atoms with Crippen LogP contribution in [-0.4, -0.2) is 17.1 Å². The number of para-hydroxylation sites is 1. The normalized spacial score (nSPS) is 14.0. The van der Waals surface area contributed by atoms with Gasteiger partial charge in [-0.15, -0.1) is 0 Å². The quantitative estimate of drug-likeness (QED) is 0.922. The molecule has 1 fully saturated rings. The number of nitrogens with one attached hydrogen (secondary N) is 1. The highest BCUT2D eigenvalue weighted by Gasteiger charge is 2.27. The number of benzene rings is 1. The standard InChI is InChI=1S/C15H15ClN2O3/c1-9-11(8-20-13-5-3-2-4-12(13)16)14(18-21-9)15(19)17-10-6-7-10/h2-5,10H,6-8H2,1H3,(H,17,19). The fourth-order valence-corrected chi connectivity index (χ4v) is 2.12. The van der Waals surface area contributed by atoms with Gasteiger partial charge < -0.3 is 14.6 Å². The zero-order valence-electron chi connectivity index (χ0n) is 11.6. The molecular formula is C15H15ClN2O3. The molecule has 1 aliphatic rings. The molecule has 2 aromatic rings. The van der Waals surface area contributed by atoms with Crippen LogP contribution in [0.1, 0.15) is 34.7 Å². The van der Waals surface area contributed by atoms with E-state index in [0.717, 1.165) is 12.8 Å². The molecule has 1 aromatic carbocycles. The number of hydrogen-bond donors (Lipinski definition) is 1. The third kappa shape index (κ3) is 3.19. The third-order valence-corrected chi connectivity index (χ3v) is 3.63. The van der Waals surface area contributed by atoms with Gasteiger partial charge >= 0.3 is 0 Å². The maximum Gasteiger partial charge on any atom is 0.274 e. The lowest BCUT2D eigenvalue weighted by Crippen LogP contribution is -2.26. The fourth-order valence-electron chi connectivity index (χ4n) is 1.93. The lowest BCUT2D eigenvalue weighted by atomic mass is 10.2. The second-order valence-electron chi connectivity index (χ2n) is 5.03. The van der Waals surface area contributed by atoms with Gasteiger partial charge in [-0.25, -0.2) is 0 Å². The van der Waals surface area contributed by atoms with Crippen LogP contribution in [-0.2, 0) is 6.61 Å². The molecule has 1 aliphatic carbocycles. The maximum atomic E-state index is 12.1. The van der Waals surface area contributed by atoms with Gasteiger partial charge in [-0.2, -0.15) is 0 Å². The van der Waals surface area contributed by atoms with Crippen LogP contribution in [0.5, 0.6) is 5.75 Å². The van der Waals surface area contributed by atoms with Crippen LogP contribution in [0.4, 0.5) is 0 Å². The first-order chi connectivity index (χ1) is 10.1. The molecule has 1 heterocycles. The minimum atomic E-state index is -0.216. The average Bonchev–Trinajstić information content (AvgIpc) is 3.20. The van der Waals surface area contributed by atoms with Gasteiger partial charge in [0, 0.05) is 6.04 Å². The summed E-state index contributed by atoms with van der Waals surface area (Å²) in [6.45, 7) is 1.94. The Balaban J connectivity index is 1.74. The summed E-state index contributed by atoms with van der Waals surface area (Å²) >= 11 is 6.04. The Hall–Kier alpha value is -2.01. The van der Waals surface area contributed by atoms with E-state index in [1.165, 1.54) is 0 Å². The van der Waals surface area contributed by atoms with E-state index in [9.17, 15) is 4.79 Å². The van der Waals surface area contributed by atoms with Crippen molar-refractivity contribution in [2.45, 2.75) is 32.4 Å². The van der Waals surface area contributed by atoms with Gasteiger partial charge in [0.15, 0.2) is 5.69 Å². The lowest BCUT2D eigenvalue weighted by Gasteiger charge is -2.08. The van der Waals surface area contributed by atoms with Gasteiger partial charge in [0.05, 0.1) is 10.6 Å². The lowest BCUT2D eigenvalue weighted by molar-refractivity contribution is 0.0940. The van der Waals surface area contributed by atoms with E-state index in [1.807, 2.05) is 12.1 Å². The fraction of sp³-hybridized carbons (Fsp3) is 0.333. The van der Waals surface area contributed by atoms with Crippen molar-refractivity contribution in [2.24, 2.45) is 0 Å². The van der Waals surface area contributed by atoms with Crippen LogP contribution in [0, 0.1) is 6.92 Å². The number of aromatic nitrogens is 1. The Morgan fingerprint density at radius 1 is 1.48 bits per heavy atom. The van der Waals surface area contributed by atoms with Crippen LogP contribution in [0.15, 0.2) is 28.8 Å². The van der Waals surface area contributed by atoms with Crippen LogP contribution < -0.4 is 10.1 Å². The van der Waals surface area contributed by atoms with Crippen molar-refractivity contribution in [3.63, 3.8) is 0 Å². The Morgan fingerprint density at radius 2 is 2.24 bits per heavy atom. The van der Waals surface area contributed by atoms with Crippen molar-refractivity contribution in [1.29, 1.82) is 0 Å². The van der Waals surface area contributed by atoms with Crippen molar-refractivity contribution >= 4 is 17.5 Å². The topological polar surface area (TPSA) is 64.4 Å². The van der Waals surface area contributed by atoms with Gasteiger partial charge in [0.25, 0.3) is 5.91 Å². The molecule has 110 valence electrons. The molecule has 0 spiro atoms. The summed E-state index contributed by atoms with van der Waals surface area (Å²) in [5.41, 5.74) is 0.930. The highest BCUT2D eigenvalue weighted by atomic mass is 35.5. The molecule has 1 amide bonds. The minimum Gasteiger partial charge on any atom is -0.487 e. The van der Waals surface area contributed by atoms with Gasteiger partial charge in [0.2, 0.25) is 0 Å². The van der Waals surface area contributed by atoms with Crippen LogP contribution in [0.25, 0.3) is 0 Å². The van der Waals surface area contributed by atoms with Gasteiger partial charge in [-0.1, -0.05) is 28.9 Å². The molecule has 0 atom stereocenters. The van der Waals surface area contributed by atoms with Gasteiger partial charge in [-0.05, 0) is 31.9 Å². The minimum absolute atomic E-state index is 0.187. The largest absolute Gasteiger partial charge is 0.487 e. The number of amides is 1. The first kappa shape index (κ1) is 13.9. The number of halogens is 1. The third-order valence-electron chi connectivity index (χ3n) is 3.32. The Bertz CT molecular complexity index is 665. The average molecular weight is 307 g/mol. The van der Waals surface area contributed by atoms with Crippen molar-refractivity contribution in [1.82, 2.24) is 10.5 Å². The van der Waals surface area contributed by atoms with Crippen LogP contribution in [0.2, 0.25) is 5.02 Å². The summed E-state index contributed by atoms with van der Waals surface area (Å²) in [5, 5.41) is 7.25. The number of ether oxygens (including phenoxy) is 1. The summed E-state index contributed by atoms with van der Waals surface area (Å²) in [6.07, 6.45) is 2.04. The summed E-state index contributed by atoms with van der Waals surface area (Å²) < 4.78 is 10.8. The number of carbonyl (C=O) groups excluding carboxylic acids is 1. The first-order valence-corrected chi connectivity index (χ1v) is 7.16. The summed E-state index contributed by atoms with van der Waals surface area (Å²) in [6, 6.07) is 7.45. The van der Waals surface area contributed by atoms with E-state index >= 15 is 0 Å². The summed E-state index contributed by atoms with van der Waals surface area (Å²) in [4.78, 5) is 12.1. The van der Waals surface area contributed by atoms with Crippen molar-refractivity contribution in [3.8, 4) is 5.75 Å². The molecule has 3 rings (SSSR count). The van der Waals surface area contributed by atoms with Gasteiger partial charge in [0.1, 0.15) is 18.1 Å². The van der Waals surface area contributed by atoms with Crippen LogP contribution in [0.3, 0.4) is 0 Å². The zero-order chi connectivity index (χ0) is 14.8. The molecule has 0 radical (unpaired) electrons. The molecule has 6 heteroatoms. The smallest absolute Gasteiger partial charge is 0.274 e. The van der Waals surface area contributed by atoms with Crippen molar-refractivity contribution in [2.75, 3.05) is 0 Å². The Labute approximate surface area is 127 Å². The van der Waals surface area contributed by atoms with Crippen molar-refractivity contribution < 1.29 is 14.1 Å². The molecule has 1 aromatic heterocycles. The molecule has 1 saturated carbocycles. The predicted octanol–water partition coefficient (Wildman–Crippen LogP) is 3.11. The van der Waals surface area contributed by atoms with Crippen molar-refractivity contribution in [3.05, 3.63) is 46.3 Å². The molecule has 1 N–H and O–H groups in total. The SMILES string of the molecule is Cc1onc(C(=O)NC2CC2)c1COc1ccccc1Cl. The molecule has 0 aliphatic heterocycles. The molecule has 5 nitrogen and oxygen atoms in total. The highest BCUT2D eigenvalue weighted by molar-refractivity contribution is 6.32. The zero-order valence-corrected chi connectivity index (χ0v) is 12.3. The van der Waals surface area contributed by atoms with Gasteiger partial charge in [-0.3, -0.25) is 4.79 Å². The van der Waals surface area contributed by atoms with E-state index < -0.39 is 0 Å². The number of aryl methyl sites for hydroxylation is 1. The van der Waals surface area contributed by atoms with E-state index in [-0.39, 0.29) is 24.2 Å². The molecule has 0 unspecified atom stereocenters. The van der Waals surface area contributed by atoms with E-state index in [1.54, 1.807) is 19.1 Å². The molecule has 21 heavy (non-hydrogen) atoms. The Kier molecular flexibility index (Phi) is 3.84. The predicted molar refractivity (Wildman–Crippen MR) is 77.5 cm³/mol. The second kappa shape index (κ2) is 5.77. The van der Waals surface area contributed by atoms with E-state index in [0.29, 0.717) is 22.1 Å². The van der Waals surface area contributed by atoms with E-state index in [2.05, 4.69) is 10.5 Å². The highest BCUT2D eigenvalue weighted by Crippen LogP contribution is 2.26. The van der Waals surface area contributed by atoms with Crippen LogP contribution >= 0.6 is 11.6 Å². The number of rotatable bonds is 5. The monoisotopic (exact) mass is 306 g/mol. The number of carbonyl (C=O) groups is 1. The Morgan fingerprint density at radius 3 is 2.95 bits per heavy atom. The molecule has 0 bridgehead atoms. The second-order valence-corrected chi connectivity index (χ2v) is 5.44.